The minimum Gasteiger partial charge on any atom is -0.393 e. The van der Waals surface area contributed by atoms with Crippen molar-refractivity contribution in [3.8, 4) is 0 Å². The van der Waals surface area contributed by atoms with Crippen molar-refractivity contribution in [2.24, 2.45) is 46.3 Å². The first-order chi connectivity index (χ1) is 14.2. The summed E-state index contributed by atoms with van der Waals surface area (Å²) in [7, 11) is 0. The number of hydrogen-bond donors (Lipinski definition) is 1. The summed E-state index contributed by atoms with van der Waals surface area (Å²) in [5.41, 5.74) is 4.19. The monoisotopic (exact) mass is 412 g/mol. The van der Waals surface area contributed by atoms with Gasteiger partial charge < -0.3 is 5.11 Å². The normalized spacial score (nSPS) is 44.9. The van der Waals surface area contributed by atoms with Crippen molar-refractivity contribution >= 4 is 0 Å². The van der Waals surface area contributed by atoms with Crippen LogP contribution in [0, 0.1) is 46.3 Å². The Bertz CT molecular complexity index is 686. The van der Waals surface area contributed by atoms with E-state index in [1.165, 1.54) is 51.4 Å². The number of fused-ring (bicyclic) bond motifs is 5. The van der Waals surface area contributed by atoms with Crippen molar-refractivity contribution in [2.75, 3.05) is 0 Å². The van der Waals surface area contributed by atoms with Crippen molar-refractivity contribution in [1.29, 1.82) is 0 Å². The summed E-state index contributed by atoms with van der Waals surface area (Å²) in [6, 6.07) is 0. The molecule has 0 amide bonds. The standard InChI is InChI=1S/C29H48O/c1-7-21(19(2)3)9-8-20(4)25-12-13-26-24-11-10-22-18-23(30)14-16-28(22,5)27(24)15-17-29(25,26)6/h9-10,19-20,23-27,30H,7-8,11-18H2,1-6H3/b21-9-/t20-,23+,24-,25-,26-,27-,28+,29-/m1/s1. The summed E-state index contributed by atoms with van der Waals surface area (Å²) in [5, 5.41) is 10.2. The van der Waals surface area contributed by atoms with Gasteiger partial charge in [-0.05, 0) is 111 Å². The first-order valence-corrected chi connectivity index (χ1v) is 13.3. The Kier molecular flexibility index (Phi) is 6.35. The predicted molar refractivity (Wildman–Crippen MR) is 128 cm³/mol. The van der Waals surface area contributed by atoms with Crippen LogP contribution in [-0.2, 0) is 0 Å². The van der Waals surface area contributed by atoms with Gasteiger partial charge in [0.25, 0.3) is 0 Å². The topological polar surface area (TPSA) is 20.2 Å². The molecule has 1 nitrogen and oxygen atoms in total. The van der Waals surface area contributed by atoms with Crippen LogP contribution in [0.15, 0.2) is 23.3 Å². The van der Waals surface area contributed by atoms with Crippen molar-refractivity contribution in [1.82, 2.24) is 0 Å². The third kappa shape index (κ3) is 3.66. The first-order valence-electron chi connectivity index (χ1n) is 13.3. The highest BCUT2D eigenvalue weighted by molar-refractivity contribution is 5.25. The molecule has 0 spiro atoms. The number of hydrogen-bond acceptors (Lipinski definition) is 1. The zero-order valence-electron chi connectivity index (χ0n) is 20.7. The summed E-state index contributed by atoms with van der Waals surface area (Å²) in [4.78, 5) is 0. The molecule has 1 N–H and O–H groups in total. The number of aliphatic hydroxyl groups is 1. The molecule has 30 heavy (non-hydrogen) atoms. The molecule has 8 atom stereocenters. The fourth-order valence-electron chi connectivity index (χ4n) is 8.91. The van der Waals surface area contributed by atoms with E-state index in [1.807, 2.05) is 0 Å². The van der Waals surface area contributed by atoms with E-state index in [0.29, 0.717) is 16.7 Å². The zero-order valence-corrected chi connectivity index (χ0v) is 20.7. The highest BCUT2D eigenvalue weighted by Gasteiger charge is 2.59. The van der Waals surface area contributed by atoms with Crippen LogP contribution in [0.2, 0.25) is 0 Å². The molecule has 0 aromatic carbocycles. The van der Waals surface area contributed by atoms with Gasteiger partial charge in [0, 0.05) is 0 Å². The van der Waals surface area contributed by atoms with Gasteiger partial charge in [-0.25, -0.2) is 0 Å². The molecule has 3 saturated carbocycles. The molecule has 0 bridgehead atoms. The van der Waals surface area contributed by atoms with Gasteiger partial charge in [0.1, 0.15) is 0 Å². The van der Waals surface area contributed by atoms with Gasteiger partial charge in [-0.2, -0.15) is 0 Å². The quantitative estimate of drug-likeness (QED) is 0.454. The van der Waals surface area contributed by atoms with Gasteiger partial charge >= 0.3 is 0 Å². The molecule has 3 fully saturated rings. The molecule has 0 saturated heterocycles. The second kappa shape index (κ2) is 8.42. The lowest BCUT2D eigenvalue weighted by molar-refractivity contribution is -0.0565. The molecule has 1 heteroatoms. The van der Waals surface area contributed by atoms with Crippen LogP contribution in [0.4, 0.5) is 0 Å². The molecule has 0 aromatic rings. The second-order valence-corrected chi connectivity index (χ2v) is 12.4. The summed E-state index contributed by atoms with van der Waals surface area (Å²) < 4.78 is 0. The van der Waals surface area contributed by atoms with E-state index in [4.69, 9.17) is 0 Å². The maximum absolute atomic E-state index is 10.2. The van der Waals surface area contributed by atoms with Crippen molar-refractivity contribution in [3.63, 3.8) is 0 Å². The molecule has 4 aliphatic carbocycles. The minimum atomic E-state index is -0.0849. The highest BCUT2D eigenvalue weighted by atomic mass is 16.3. The lowest BCUT2D eigenvalue weighted by atomic mass is 9.47. The van der Waals surface area contributed by atoms with Crippen molar-refractivity contribution in [2.45, 2.75) is 112 Å². The van der Waals surface area contributed by atoms with Crippen molar-refractivity contribution in [3.05, 3.63) is 23.3 Å². The summed E-state index contributed by atoms with van der Waals surface area (Å²) in [6.07, 6.45) is 17.8. The average molecular weight is 413 g/mol. The Hall–Kier alpha value is -0.560. The van der Waals surface area contributed by atoms with Crippen LogP contribution in [0.25, 0.3) is 0 Å². The van der Waals surface area contributed by atoms with Gasteiger partial charge in [-0.3, -0.25) is 0 Å². The van der Waals surface area contributed by atoms with Crippen LogP contribution in [0.1, 0.15) is 106 Å². The number of allylic oxidation sites excluding steroid dienone is 3. The molecule has 0 aliphatic heterocycles. The summed E-state index contributed by atoms with van der Waals surface area (Å²) in [6.45, 7) is 14.8. The summed E-state index contributed by atoms with van der Waals surface area (Å²) >= 11 is 0. The van der Waals surface area contributed by atoms with Gasteiger partial charge in [-0.15, -0.1) is 0 Å². The van der Waals surface area contributed by atoms with E-state index < -0.39 is 0 Å². The van der Waals surface area contributed by atoms with E-state index in [-0.39, 0.29) is 6.10 Å². The SMILES string of the molecule is CC/C(=C/C[C@@H](C)[C@H]1CC[C@@H]2[C@H]3CC=C4C[C@@H](O)CC[C@]4(C)[C@@H]3CC[C@@]21C)C(C)C. The largest absolute Gasteiger partial charge is 0.393 e. The molecular formula is C29H48O. The fraction of sp³-hybridized carbons (Fsp3) is 0.862. The fourth-order valence-corrected chi connectivity index (χ4v) is 8.91. The molecule has 170 valence electrons. The van der Waals surface area contributed by atoms with Crippen LogP contribution >= 0.6 is 0 Å². The molecular weight excluding hydrogens is 364 g/mol. The number of rotatable bonds is 5. The molecule has 0 aromatic heterocycles. The summed E-state index contributed by atoms with van der Waals surface area (Å²) in [5.74, 6) is 5.09. The van der Waals surface area contributed by atoms with Crippen LogP contribution in [0.3, 0.4) is 0 Å². The predicted octanol–water partition coefficient (Wildman–Crippen LogP) is 7.94. The lowest BCUT2D eigenvalue weighted by Crippen LogP contribution is -2.50. The molecule has 0 heterocycles. The van der Waals surface area contributed by atoms with Gasteiger partial charge in [0.05, 0.1) is 6.10 Å². The molecule has 4 rings (SSSR count). The lowest BCUT2D eigenvalue weighted by Gasteiger charge is -2.58. The van der Waals surface area contributed by atoms with Crippen LogP contribution in [-0.4, -0.2) is 11.2 Å². The Morgan fingerprint density at radius 3 is 2.57 bits per heavy atom. The molecule has 0 unspecified atom stereocenters. The van der Waals surface area contributed by atoms with Crippen molar-refractivity contribution < 1.29 is 5.11 Å². The molecule has 4 aliphatic rings. The maximum Gasteiger partial charge on any atom is 0.0577 e. The third-order valence-electron chi connectivity index (χ3n) is 10.7. The number of aliphatic hydroxyl groups excluding tert-OH is 1. The van der Waals surface area contributed by atoms with Gasteiger partial charge in [-0.1, -0.05) is 64.8 Å². The van der Waals surface area contributed by atoms with E-state index in [0.717, 1.165) is 42.4 Å². The van der Waals surface area contributed by atoms with Crippen LogP contribution < -0.4 is 0 Å². The maximum atomic E-state index is 10.2. The van der Waals surface area contributed by atoms with E-state index in [9.17, 15) is 5.11 Å². The Morgan fingerprint density at radius 2 is 1.87 bits per heavy atom. The Balaban J connectivity index is 1.51. The zero-order chi connectivity index (χ0) is 21.7. The second-order valence-electron chi connectivity index (χ2n) is 12.4. The first kappa shape index (κ1) is 22.6. The Morgan fingerprint density at radius 1 is 1.10 bits per heavy atom. The van der Waals surface area contributed by atoms with Gasteiger partial charge in [0.2, 0.25) is 0 Å². The van der Waals surface area contributed by atoms with Crippen LogP contribution in [0.5, 0.6) is 0 Å². The van der Waals surface area contributed by atoms with Gasteiger partial charge in [0.15, 0.2) is 0 Å². The highest BCUT2D eigenvalue weighted by Crippen LogP contribution is 2.67. The minimum absolute atomic E-state index is 0.0849. The van der Waals surface area contributed by atoms with E-state index in [1.54, 1.807) is 11.1 Å². The third-order valence-corrected chi connectivity index (χ3v) is 10.7. The molecule has 0 radical (unpaired) electrons. The van der Waals surface area contributed by atoms with E-state index in [2.05, 4.69) is 53.7 Å². The Labute approximate surface area is 186 Å². The smallest absolute Gasteiger partial charge is 0.0577 e. The van der Waals surface area contributed by atoms with E-state index >= 15 is 0 Å². The average Bonchev–Trinajstić information content (AvgIpc) is 3.06.